The number of rotatable bonds is 4. The minimum atomic E-state index is -0.896. The summed E-state index contributed by atoms with van der Waals surface area (Å²) in [7, 11) is 0. The number of carboxylic acids is 1. The number of aromatic nitrogens is 4. The first kappa shape index (κ1) is 12.3. The summed E-state index contributed by atoms with van der Waals surface area (Å²) in [6.45, 7) is 5.87. The average Bonchev–Trinajstić information content (AvgIpc) is 2.67. The number of carbonyl (C=O) groups is 1. The topological polar surface area (TPSA) is 89.6 Å². The zero-order chi connectivity index (χ0) is 13.3. The van der Waals surface area contributed by atoms with Crippen molar-refractivity contribution in [2.24, 2.45) is 0 Å². The molecule has 2 aromatic rings. The third-order valence-electron chi connectivity index (χ3n) is 2.63. The van der Waals surface area contributed by atoms with Gasteiger partial charge in [0.15, 0.2) is 0 Å². The molecule has 1 N–H and O–H groups in total. The van der Waals surface area contributed by atoms with Crippen molar-refractivity contribution >= 4 is 11.7 Å². The van der Waals surface area contributed by atoms with Gasteiger partial charge in [-0.3, -0.25) is 4.79 Å². The van der Waals surface area contributed by atoms with E-state index in [9.17, 15) is 4.79 Å². The zero-order valence-corrected chi connectivity index (χ0v) is 10.5. The molecule has 0 aliphatic rings. The highest BCUT2D eigenvalue weighted by Gasteiger charge is 2.15. The summed E-state index contributed by atoms with van der Waals surface area (Å²) in [6, 6.07) is 0.250. The molecule has 7 heteroatoms. The van der Waals surface area contributed by atoms with Crippen LogP contribution in [0, 0.1) is 13.8 Å². The first-order valence-electron chi connectivity index (χ1n) is 5.60. The maximum atomic E-state index is 10.8. The maximum Gasteiger partial charge on any atom is 0.337 e. The molecule has 0 saturated heterocycles. The monoisotopic (exact) mass is 250 g/mol. The Bertz CT molecular complexity index is 606. The maximum absolute atomic E-state index is 10.8. The van der Waals surface area contributed by atoms with Gasteiger partial charge in [0, 0.05) is 17.0 Å². The highest BCUT2D eigenvalue weighted by Crippen LogP contribution is 2.16. The van der Waals surface area contributed by atoms with E-state index in [2.05, 4.69) is 15.1 Å². The lowest BCUT2D eigenvalue weighted by Crippen LogP contribution is -2.10. The number of hydrogen-bond acceptors (Lipinski definition) is 5. The van der Waals surface area contributed by atoms with Crippen molar-refractivity contribution in [2.45, 2.75) is 27.2 Å². The normalized spacial score (nSPS) is 10.8. The van der Waals surface area contributed by atoms with Gasteiger partial charge in [-0.1, -0.05) is 0 Å². The Balaban J connectivity index is 2.57. The van der Waals surface area contributed by atoms with Crippen LogP contribution in [0.2, 0.25) is 0 Å². The molecule has 0 bridgehead atoms. The van der Waals surface area contributed by atoms with Gasteiger partial charge in [-0.15, -0.1) is 5.10 Å². The van der Waals surface area contributed by atoms with Crippen LogP contribution >= 0.6 is 0 Å². The highest BCUT2D eigenvalue weighted by molar-refractivity contribution is 5.71. The van der Waals surface area contributed by atoms with Crippen LogP contribution in [0.5, 0.6) is 6.01 Å². The van der Waals surface area contributed by atoms with Crippen LogP contribution in [-0.2, 0) is 11.2 Å². The fraction of sp³-hybridized carbons (Fsp3) is 0.455. The van der Waals surface area contributed by atoms with Gasteiger partial charge in [0.05, 0.1) is 13.0 Å². The Morgan fingerprint density at radius 1 is 1.39 bits per heavy atom. The molecule has 2 heterocycles. The van der Waals surface area contributed by atoms with E-state index in [-0.39, 0.29) is 12.4 Å². The second-order valence-corrected chi connectivity index (χ2v) is 3.87. The third kappa shape index (κ3) is 2.11. The minimum absolute atomic E-state index is 0.0789. The van der Waals surface area contributed by atoms with E-state index in [1.54, 1.807) is 13.8 Å². The van der Waals surface area contributed by atoms with Gasteiger partial charge in [0.1, 0.15) is 0 Å². The van der Waals surface area contributed by atoms with Gasteiger partial charge in [-0.2, -0.15) is 9.50 Å². The number of ether oxygens (including phenoxy) is 1. The first-order valence-corrected chi connectivity index (χ1v) is 5.60. The van der Waals surface area contributed by atoms with Crippen molar-refractivity contribution < 1.29 is 14.6 Å². The zero-order valence-electron chi connectivity index (χ0n) is 10.5. The molecule has 2 aromatic heterocycles. The van der Waals surface area contributed by atoms with Crippen molar-refractivity contribution in [2.75, 3.05) is 6.61 Å². The van der Waals surface area contributed by atoms with E-state index >= 15 is 0 Å². The number of aliphatic carboxylic acids is 1. The smallest absolute Gasteiger partial charge is 0.337 e. The SMILES string of the molecule is CCOc1nc2nc(C)c(CC(=O)O)c(C)n2n1. The van der Waals surface area contributed by atoms with Crippen molar-refractivity contribution in [3.63, 3.8) is 0 Å². The standard InChI is InChI=1S/C11H14N4O3/c1-4-18-11-13-10-12-6(2)8(5-9(16)17)7(3)15(10)14-11/h4-5H2,1-3H3,(H,16,17). The molecule has 18 heavy (non-hydrogen) atoms. The van der Waals surface area contributed by atoms with Crippen LogP contribution in [0.1, 0.15) is 23.9 Å². The molecule has 7 nitrogen and oxygen atoms in total. The molecule has 0 aliphatic carbocycles. The van der Waals surface area contributed by atoms with E-state index in [0.717, 1.165) is 5.69 Å². The molecule has 0 amide bonds. The molecule has 0 atom stereocenters. The van der Waals surface area contributed by atoms with Gasteiger partial charge >= 0.3 is 12.0 Å². The first-order chi connectivity index (χ1) is 8.52. The molecule has 0 aliphatic heterocycles. The van der Waals surface area contributed by atoms with Crippen molar-refractivity contribution in [1.29, 1.82) is 0 Å². The molecule has 0 radical (unpaired) electrons. The number of hydrogen-bond donors (Lipinski definition) is 1. The predicted octanol–water partition coefficient (Wildman–Crippen LogP) is 0.767. The van der Waals surface area contributed by atoms with Gasteiger partial charge in [0.25, 0.3) is 5.78 Å². The van der Waals surface area contributed by atoms with Gasteiger partial charge in [0.2, 0.25) is 0 Å². The summed E-state index contributed by atoms with van der Waals surface area (Å²) in [5, 5.41) is 13.0. The Hall–Kier alpha value is -2.18. The van der Waals surface area contributed by atoms with Crippen LogP contribution in [0.3, 0.4) is 0 Å². The Morgan fingerprint density at radius 2 is 2.11 bits per heavy atom. The number of nitrogens with zero attached hydrogens (tertiary/aromatic N) is 4. The fourth-order valence-corrected chi connectivity index (χ4v) is 1.79. The lowest BCUT2D eigenvalue weighted by Gasteiger charge is -2.07. The van der Waals surface area contributed by atoms with E-state index in [1.165, 1.54) is 4.52 Å². The summed E-state index contributed by atoms with van der Waals surface area (Å²) >= 11 is 0. The van der Waals surface area contributed by atoms with Crippen LogP contribution in [0.15, 0.2) is 0 Å². The van der Waals surface area contributed by atoms with E-state index < -0.39 is 5.97 Å². The molecular formula is C11H14N4O3. The predicted molar refractivity (Wildman–Crippen MR) is 62.8 cm³/mol. The minimum Gasteiger partial charge on any atom is -0.481 e. The molecule has 0 fully saturated rings. The lowest BCUT2D eigenvalue weighted by atomic mass is 10.1. The second-order valence-electron chi connectivity index (χ2n) is 3.87. The summed E-state index contributed by atoms with van der Waals surface area (Å²) in [5.41, 5.74) is 2.03. The van der Waals surface area contributed by atoms with E-state index in [0.29, 0.717) is 23.6 Å². The third-order valence-corrected chi connectivity index (χ3v) is 2.63. The Morgan fingerprint density at radius 3 is 2.72 bits per heavy atom. The summed E-state index contributed by atoms with van der Waals surface area (Å²) in [4.78, 5) is 19.2. The Kier molecular flexibility index (Phi) is 3.14. The Labute approximate surface area is 103 Å². The molecule has 96 valence electrons. The number of aryl methyl sites for hydroxylation is 2. The molecule has 2 rings (SSSR count). The molecule has 0 spiro atoms. The van der Waals surface area contributed by atoms with Crippen LogP contribution in [-0.4, -0.2) is 37.3 Å². The number of fused-ring (bicyclic) bond motifs is 1. The quantitative estimate of drug-likeness (QED) is 0.861. The van der Waals surface area contributed by atoms with E-state index in [4.69, 9.17) is 9.84 Å². The van der Waals surface area contributed by atoms with Crippen molar-refractivity contribution in [3.8, 4) is 6.01 Å². The highest BCUT2D eigenvalue weighted by atomic mass is 16.5. The summed E-state index contributed by atoms with van der Waals surface area (Å²) in [5.74, 6) is -0.477. The summed E-state index contributed by atoms with van der Waals surface area (Å²) in [6.07, 6.45) is -0.0789. The van der Waals surface area contributed by atoms with Gasteiger partial charge < -0.3 is 9.84 Å². The molecule has 0 unspecified atom stereocenters. The van der Waals surface area contributed by atoms with Gasteiger partial charge in [-0.25, -0.2) is 4.98 Å². The van der Waals surface area contributed by atoms with Crippen LogP contribution in [0.4, 0.5) is 0 Å². The lowest BCUT2D eigenvalue weighted by molar-refractivity contribution is -0.136. The van der Waals surface area contributed by atoms with Gasteiger partial charge in [-0.05, 0) is 20.8 Å². The van der Waals surface area contributed by atoms with Crippen LogP contribution in [0.25, 0.3) is 5.78 Å². The van der Waals surface area contributed by atoms with Crippen molar-refractivity contribution in [1.82, 2.24) is 19.6 Å². The molecule has 0 aromatic carbocycles. The molecule has 0 saturated carbocycles. The molecular weight excluding hydrogens is 236 g/mol. The largest absolute Gasteiger partial charge is 0.481 e. The summed E-state index contributed by atoms with van der Waals surface area (Å²) < 4.78 is 6.72. The average molecular weight is 250 g/mol. The second kappa shape index (κ2) is 4.59. The number of carboxylic acid groups (broad SMARTS) is 1. The van der Waals surface area contributed by atoms with Crippen LogP contribution < -0.4 is 4.74 Å². The van der Waals surface area contributed by atoms with E-state index in [1.807, 2.05) is 6.92 Å². The van der Waals surface area contributed by atoms with Crippen molar-refractivity contribution in [3.05, 3.63) is 17.0 Å². The fourth-order valence-electron chi connectivity index (χ4n) is 1.79.